The molecule has 65 heavy (non-hydrogen) atoms. The SMILES string of the molecule is CCCCCCCCCCCCCCCCCCCCCCCCCCCCC/C=C/CCCC(O)C(O)C(CO)NC(=O)C(O)CCCCCCCCCCCCCCCCCCC. The first-order chi connectivity index (χ1) is 32.0. The van der Waals surface area contributed by atoms with E-state index < -0.39 is 36.9 Å². The monoisotopic (exact) mass is 920 g/mol. The van der Waals surface area contributed by atoms with E-state index >= 15 is 0 Å². The first-order valence-electron chi connectivity index (χ1n) is 29.6. The van der Waals surface area contributed by atoms with E-state index in [0.717, 1.165) is 38.5 Å². The van der Waals surface area contributed by atoms with Gasteiger partial charge in [-0.15, -0.1) is 0 Å². The maximum atomic E-state index is 12.6. The second-order valence-corrected chi connectivity index (χ2v) is 20.7. The van der Waals surface area contributed by atoms with E-state index in [2.05, 4.69) is 31.3 Å². The lowest BCUT2D eigenvalue weighted by Crippen LogP contribution is -2.53. The van der Waals surface area contributed by atoms with Crippen molar-refractivity contribution in [3.8, 4) is 0 Å². The standard InChI is InChI=1S/C59H117NO5/c1-3-5-7-9-11-13-15-17-19-21-22-23-24-25-26-27-28-29-30-31-32-33-34-35-37-38-40-42-44-46-48-50-52-56(62)58(64)55(54-61)60-59(65)57(63)53-51-49-47-45-43-41-39-36-20-18-16-14-12-10-8-6-4-2/h44,46,55-58,61-64H,3-43,45,47-54H2,1-2H3,(H,60,65)/b46-44+. The lowest BCUT2D eigenvalue weighted by atomic mass is 10.00. The van der Waals surface area contributed by atoms with Crippen molar-refractivity contribution in [3.05, 3.63) is 12.2 Å². The zero-order valence-electron chi connectivity index (χ0n) is 44.0. The maximum absolute atomic E-state index is 12.6. The summed E-state index contributed by atoms with van der Waals surface area (Å²) >= 11 is 0. The highest BCUT2D eigenvalue weighted by Crippen LogP contribution is 2.18. The van der Waals surface area contributed by atoms with Gasteiger partial charge in [0.05, 0.1) is 18.8 Å². The van der Waals surface area contributed by atoms with Crippen LogP contribution in [0.4, 0.5) is 0 Å². The Morgan fingerprint density at radius 3 is 0.923 bits per heavy atom. The molecule has 0 bridgehead atoms. The lowest BCUT2D eigenvalue weighted by molar-refractivity contribution is -0.132. The van der Waals surface area contributed by atoms with Crippen molar-refractivity contribution < 1.29 is 25.2 Å². The largest absolute Gasteiger partial charge is 0.394 e. The van der Waals surface area contributed by atoms with Crippen molar-refractivity contribution in [1.82, 2.24) is 5.32 Å². The fourth-order valence-corrected chi connectivity index (χ4v) is 9.59. The van der Waals surface area contributed by atoms with Crippen LogP contribution in [-0.2, 0) is 4.79 Å². The molecule has 0 aromatic heterocycles. The summed E-state index contributed by atoms with van der Waals surface area (Å²) in [6.07, 6.45) is 64.5. The van der Waals surface area contributed by atoms with Crippen LogP contribution in [0.5, 0.6) is 0 Å². The molecule has 4 unspecified atom stereocenters. The van der Waals surface area contributed by atoms with Crippen molar-refractivity contribution in [3.63, 3.8) is 0 Å². The van der Waals surface area contributed by atoms with E-state index in [4.69, 9.17) is 0 Å². The van der Waals surface area contributed by atoms with Gasteiger partial charge in [-0.05, 0) is 38.5 Å². The summed E-state index contributed by atoms with van der Waals surface area (Å²) in [6, 6.07) is -0.999. The molecule has 0 aliphatic rings. The summed E-state index contributed by atoms with van der Waals surface area (Å²) < 4.78 is 0. The molecule has 388 valence electrons. The van der Waals surface area contributed by atoms with Crippen LogP contribution in [0.25, 0.3) is 0 Å². The fraction of sp³-hybridized carbons (Fsp3) is 0.949. The molecule has 0 spiro atoms. The average Bonchev–Trinajstić information content (AvgIpc) is 3.31. The van der Waals surface area contributed by atoms with Crippen molar-refractivity contribution >= 4 is 5.91 Å². The molecule has 6 heteroatoms. The molecule has 4 atom stereocenters. The van der Waals surface area contributed by atoms with E-state index in [9.17, 15) is 25.2 Å². The minimum Gasteiger partial charge on any atom is -0.394 e. The molecule has 0 rings (SSSR count). The van der Waals surface area contributed by atoms with Crippen LogP contribution < -0.4 is 5.32 Å². The third-order valence-corrected chi connectivity index (χ3v) is 14.2. The van der Waals surface area contributed by atoms with Crippen molar-refractivity contribution in [2.45, 2.75) is 353 Å². The Kier molecular flexibility index (Phi) is 53.2. The molecule has 0 aromatic rings. The van der Waals surface area contributed by atoms with Gasteiger partial charge in [0.2, 0.25) is 5.91 Å². The molecule has 0 radical (unpaired) electrons. The first-order valence-corrected chi connectivity index (χ1v) is 29.6. The van der Waals surface area contributed by atoms with Crippen LogP contribution in [0.2, 0.25) is 0 Å². The topological polar surface area (TPSA) is 110 Å². The van der Waals surface area contributed by atoms with Gasteiger partial charge in [-0.3, -0.25) is 4.79 Å². The van der Waals surface area contributed by atoms with Crippen LogP contribution in [0.3, 0.4) is 0 Å². The number of hydrogen-bond acceptors (Lipinski definition) is 5. The predicted molar refractivity (Wildman–Crippen MR) is 284 cm³/mol. The first kappa shape index (κ1) is 64.0. The second-order valence-electron chi connectivity index (χ2n) is 20.7. The molecule has 6 nitrogen and oxygen atoms in total. The van der Waals surface area contributed by atoms with Crippen LogP contribution in [-0.4, -0.2) is 57.3 Å². The summed E-state index contributed by atoms with van der Waals surface area (Å²) in [4.78, 5) is 12.6. The molecule has 0 saturated carbocycles. The van der Waals surface area contributed by atoms with Gasteiger partial charge < -0.3 is 25.7 Å². The maximum Gasteiger partial charge on any atom is 0.249 e. The minimum atomic E-state index is -1.28. The normalized spacial score (nSPS) is 13.8. The Balaban J connectivity index is 3.57. The zero-order valence-corrected chi connectivity index (χ0v) is 44.0. The highest BCUT2D eigenvalue weighted by molar-refractivity contribution is 5.80. The molecule has 0 aliphatic carbocycles. The minimum absolute atomic E-state index is 0.368. The van der Waals surface area contributed by atoms with Gasteiger partial charge in [-0.25, -0.2) is 0 Å². The molecular weight excluding hydrogens is 803 g/mol. The smallest absolute Gasteiger partial charge is 0.249 e. The fourth-order valence-electron chi connectivity index (χ4n) is 9.59. The molecule has 5 N–H and O–H groups in total. The van der Waals surface area contributed by atoms with Crippen LogP contribution >= 0.6 is 0 Å². The third-order valence-electron chi connectivity index (χ3n) is 14.2. The quantitative estimate of drug-likeness (QED) is 0.0308. The third kappa shape index (κ3) is 47.9. The van der Waals surface area contributed by atoms with E-state index in [1.54, 1.807) is 0 Å². The number of hydrogen-bond donors (Lipinski definition) is 5. The predicted octanol–water partition coefficient (Wildman–Crippen LogP) is 17.3. The summed E-state index contributed by atoms with van der Waals surface area (Å²) in [5, 5.41) is 44.0. The highest BCUT2D eigenvalue weighted by Gasteiger charge is 2.28. The lowest BCUT2D eigenvalue weighted by Gasteiger charge is -2.27. The summed E-state index contributed by atoms with van der Waals surface area (Å²) in [6.45, 7) is 4.08. The van der Waals surface area contributed by atoms with Crippen LogP contribution in [0.15, 0.2) is 12.2 Å². The molecular formula is C59H117NO5. The average molecular weight is 921 g/mol. The van der Waals surface area contributed by atoms with Crippen molar-refractivity contribution in [2.24, 2.45) is 0 Å². The zero-order chi connectivity index (χ0) is 47.4. The molecule has 0 aliphatic heterocycles. The number of allylic oxidation sites excluding steroid dienone is 2. The number of aliphatic hydroxyl groups excluding tert-OH is 4. The molecule has 0 aromatic carbocycles. The summed E-state index contributed by atoms with van der Waals surface area (Å²) in [5.41, 5.74) is 0. The number of carbonyl (C=O) groups excluding carboxylic acids is 1. The molecule has 1 amide bonds. The Bertz CT molecular complexity index is 944. The molecule has 0 heterocycles. The van der Waals surface area contributed by atoms with E-state index in [1.807, 2.05) is 0 Å². The number of unbranched alkanes of at least 4 members (excludes halogenated alkanes) is 44. The van der Waals surface area contributed by atoms with Crippen LogP contribution in [0.1, 0.15) is 328 Å². The van der Waals surface area contributed by atoms with Crippen LogP contribution in [0, 0.1) is 0 Å². The Hall–Kier alpha value is -0.950. The van der Waals surface area contributed by atoms with Gasteiger partial charge in [0.25, 0.3) is 0 Å². The summed E-state index contributed by atoms with van der Waals surface area (Å²) in [7, 11) is 0. The van der Waals surface area contributed by atoms with Gasteiger partial charge in [-0.1, -0.05) is 302 Å². The van der Waals surface area contributed by atoms with Gasteiger partial charge in [-0.2, -0.15) is 0 Å². The van der Waals surface area contributed by atoms with Gasteiger partial charge in [0.1, 0.15) is 12.2 Å². The number of rotatable bonds is 55. The van der Waals surface area contributed by atoms with Gasteiger partial charge in [0.15, 0.2) is 0 Å². The van der Waals surface area contributed by atoms with E-state index in [0.29, 0.717) is 12.8 Å². The molecule has 0 fully saturated rings. The number of aliphatic hydroxyl groups is 4. The number of carbonyl (C=O) groups is 1. The van der Waals surface area contributed by atoms with Crippen molar-refractivity contribution in [1.29, 1.82) is 0 Å². The Labute approximate surface area is 406 Å². The Morgan fingerprint density at radius 2 is 0.631 bits per heavy atom. The second kappa shape index (κ2) is 54.0. The number of amides is 1. The Morgan fingerprint density at radius 1 is 0.369 bits per heavy atom. The highest BCUT2D eigenvalue weighted by atomic mass is 16.3. The van der Waals surface area contributed by atoms with E-state index in [-0.39, 0.29) is 0 Å². The van der Waals surface area contributed by atoms with E-state index in [1.165, 1.54) is 263 Å². The van der Waals surface area contributed by atoms with Gasteiger partial charge in [0, 0.05) is 0 Å². The summed E-state index contributed by atoms with van der Waals surface area (Å²) in [5.74, 6) is -0.587. The number of nitrogens with one attached hydrogen (secondary N) is 1. The molecule has 0 saturated heterocycles. The van der Waals surface area contributed by atoms with Crippen molar-refractivity contribution in [2.75, 3.05) is 6.61 Å². The van der Waals surface area contributed by atoms with Gasteiger partial charge >= 0.3 is 0 Å².